The van der Waals surface area contributed by atoms with Crippen molar-refractivity contribution in [3.8, 4) is 17.2 Å². The van der Waals surface area contributed by atoms with Gasteiger partial charge >= 0.3 is 0 Å². The molecule has 2 aliphatic heterocycles. The molecule has 4 rings (SSSR count). The van der Waals surface area contributed by atoms with Gasteiger partial charge in [-0.25, -0.2) is 4.39 Å². The largest absolute Gasteiger partial charge is 0.496 e. The van der Waals surface area contributed by atoms with Crippen LogP contribution in [0.15, 0.2) is 36.4 Å². The van der Waals surface area contributed by atoms with Crippen LogP contribution in [-0.2, 0) is 15.9 Å². The molecule has 2 saturated heterocycles. The lowest BCUT2D eigenvalue weighted by atomic mass is 9.89. The summed E-state index contributed by atoms with van der Waals surface area (Å²) in [6, 6.07) is 11.2. The Hall–Kier alpha value is -2.43. The second kappa shape index (κ2) is 11.5. The van der Waals surface area contributed by atoms with Gasteiger partial charge in [0.15, 0.2) is 6.17 Å². The Morgan fingerprint density at radius 2 is 1.86 bits per heavy atom. The number of halogens is 1. The molecule has 0 aromatic heterocycles. The van der Waals surface area contributed by atoms with Crippen molar-refractivity contribution in [2.75, 3.05) is 33.5 Å². The van der Waals surface area contributed by atoms with Crippen molar-refractivity contribution < 1.29 is 43.4 Å². The van der Waals surface area contributed by atoms with Gasteiger partial charge in [0, 0.05) is 24.5 Å². The fraction of sp³-hybridized carbons (Fsp3) is 0.538. The summed E-state index contributed by atoms with van der Waals surface area (Å²) in [6.45, 7) is 2.83. The SMILES string of the molecule is CCOc1cc(OC)c(Cc2ccc(O[C@H]3CCOC3)cc2)cc1[C@@H]1O[C@H](CO)[C@H](F)[C@H](O)[C@@H]1O. The first-order chi connectivity index (χ1) is 16.9. The minimum Gasteiger partial charge on any atom is -0.496 e. The van der Waals surface area contributed by atoms with Crippen LogP contribution in [0.4, 0.5) is 4.39 Å². The molecule has 0 bridgehead atoms. The zero-order valence-electron chi connectivity index (χ0n) is 19.9. The molecule has 2 fully saturated rings. The number of methoxy groups -OCH3 is 1. The first-order valence-electron chi connectivity index (χ1n) is 11.9. The summed E-state index contributed by atoms with van der Waals surface area (Å²) in [4.78, 5) is 0. The van der Waals surface area contributed by atoms with Gasteiger partial charge in [0.2, 0.25) is 0 Å². The lowest BCUT2D eigenvalue weighted by Crippen LogP contribution is -2.53. The highest BCUT2D eigenvalue weighted by Crippen LogP contribution is 2.41. The molecule has 35 heavy (non-hydrogen) atoms. The standard InChI is InChI=1S/C26H33FO8/c1-3-33-21-12-20(31-2)16(10-15-4-6-17(7-5-15)34-18-8-9-32-14-18)11-19(21)26-25(30)24(29)23(27)22(13-28)35-26/h4-7,11-12,18,22-26,28-30H,3,8-10,13-14H2,1-2H3/t18-,22+,23-,24-,25-,26-/m0/s1. The van der Waals surface area contributed by atoms with Gasteiger partial charge in [-0.1, -0.05) is 12.1 Å². The zero-order chi connectivity index (χ0) is 24.9. The summed E-state index contributed by atoms with van der Waals surface area (Å²) in [6.07, 6.45) is -6.07. The van der Waals surface area contributed by atoms with Gasteiger partial charge in [-0.2, -0.15) is 0 Å². The minimum absolute atomic E-state index is 0.0681. The summed E-state index contributed by atoms with van der Waals surface area (Å²) < 4.78 is 42.6. The second-order valence-corrected chi connectivity index (χ2v) is 8.76. The van der Waals surface area contributed by atoms with Crippen LogP contribution in [0.2, 0.25) is 0 Å². The van der Waals surface area contributed by atoms with Crippen molar-refractivity contribution in [3.05, 3.63) is 53.1 Å². The summed E-state index contributed by atoms with van der Waals surface area (Å²) in [5, 5.41) is 30.4. The smallest absolute Gasteiger partial charge is 0.157 e. The molecule has 6 atom stereocenters. The molecule has 0 aliphatic carbocycles. The molecular formula is C26H33FO8. The zero-order valence-corrected chi connectivity index (χ0v) is 19.9. The second-order valence-electron chi connectivity index (χ2n) is 8.76. The van der Waals surface area contributed by atoms with E-state index in [0.29, 0.717) is 43.3 Å². The maximum absolute atomic E-state index is 14.3. The van der Waals surface area contributed by atoms with Crippen LogP contribution in [0.5, 0.6) is 17.2 Å². The van der Waals surface area contributed by atoms with E-state index in [1.807, 2.05) is 31.2 Å². The van der Waals surface area contributed by atoms with E-state index >= 15 is 0 Å². The van der Waals surface area contributed by atoms with E-state index in [9.17, 15) is 19.7 Å². The number of alkyl halides is 1. The summed E-state index contributed by atoms with van der Waals surface area (Å²) in [5.74, 6) is 1.74. The molecule has 2 aromatic carbocycles. The maximum Gasteiger partial charge on any atom is 0.157 e. The third-order valence-electron chi connectivity index (χ3n) is 6.37. The number of ether oxygens (including phenoxy) is 5. The molecule has 192 valence electrons. The Morgan fingerprint density at radius 1 is 1.09 bits per heavy atom. The fourth-order valence-corrected chi connectivity index (χ4v) is 4.49. The highest BCUT2D eigenvalue weighted by Gasteiger charge is 2.46. The molecule has 9 heteroatoms. The molecule has 0 radical (unpaired) electrons. The maximum atomic E-state index is 14.3. The molecule has 3 N–H and O–H groups in total. The summed E-state index contributed by atoms with van der Waals surface area (Å²) >= 11 is 0. The highest BCUT2D eigenvalue weighted by atomic mass is 19.1. The van der Waals surface area contributed by atoms with Crippen LogP contribution in [0.3, 0.4) is 0 Å². The number of hydrogen-bond acceptors (Lipinski definition) is 8. The van der Waals surface area contributed by atoms with Crippen molar-refractivity contribution in [1.82, 2.24) is 0 Å². The van der Waals surface area contributed by atoms with Gasteiger partial charge < -0.3 is 39.0 Å². The third kappa shape index (κ3) is 5.70. The number of rotatable bonds is 9. The quantitative estimate of drug-likeness (QED) is 0.490. The number of aliphatic hydroxyl groups excluding tert-OH is 3. The first kappa shape index (κ1) is 25.7. The number of aliphatic hydroxyl groups is 3. The van der Waals surface area contributed by atoms with Crippen LogP contribution in [0.1, 0.15) is 36.1 Å². The third-order valence-corrected chi connectivity index (χ3v) is 6.37. The van der Waals surface area contributed by atoms with E-state index in [1.165, 1.54) is 0 Å². The number of hydrogen-bond donors (Lipinski definition) is 3. The molecule has 2 aliphatic rings. The monoisotopic (exact) mass is 492 g/mol. The Kier molecular flexibility index (Phi) is 8.46. The van der Waals surface area contributed by atoms with Gasteiger partial charge in [0.1, 0.15) is 47.8 Å². The lowest BCUT2D eigenvalue weighted by molar-refractivity contribution is -0.214. The van der Waals surface area contributed by atoms with Crippen molar-refractivity contribution in [1.29, 1.82) is 0 Å². The summed E-state index contributed by atoms with van der Waals surface area (Å²) in [5.41, 5.74) is 2.23. The van der Waals surface area contributed by atoms with Crippen molar-refractivity contribution >= 4 is 0 Å². The Balaban J connectivity index is 1.61. The van der Waals surface area contributed by atoms with Crippen LogP contribution in [0, 0.1) is 0 Å². The van der Waals surface area contributed by atoms with Crippen LogP contribution in [-0.4, -0.2) is 79.4 Å². The molecule has 2 heterocycles. The molecule has 0 amide bonds. The van der Waals surface area contributed by atoms with E-state index < -0.39 is 37.2 Å². The van der Waals surface area contributed by atoms with Gasteiger partial charge in [0.25, 0.3) is 0 Å². The first-order valence-corrected chi connectivity index (χ1v) is 11.9. The number of benzene rings is 2. The summed E-state index contributed by atoms with van der Waals surface area (Å²) in [7, 11) is 1.56. The predicted molar refractivity (Wildman–Crippen MR) is 125 cm³/mol. The Labute approximate surface area is 204 Å². The van der Waals surface area contributed by atoms with Crippen LogP contribution >= 0.6 is 0 Å². The predicted octanol–water partition coefficient (Wildman–Crippen LogP) is 2.34. The average molecular weight is 493 g/mol. The Bertz CT molecular complexity index is 961. The van der Waals surface area contributed by atoms with Crippen molar-refractivity contribution in [3.63, 3.8) is 0 Å². The lowest BCUT2D eigenvalue weighted by Gasteiger charge is -2.39. The van der Waals surface area contributed by atoms with E-state index in [1.54, 1.807) is 19.2 Å². The molecule has 0 saturated carbocycles. The normalized spacial score (nSPS) is 28.6. The van der Waals surface area contributed by atoms with E-state index in [4.69, 9.17) is 23.7 Å². The van der Waals surface area contributed by atoms with E-state index in [0.717, 1.165) is 23.3 Å². The van der Waals surface area contributed by atoms with E-state index in [-0.39, 0.29) is 6.10 Å². The van der Waals surface area contributed by atoms with Crippen molar-refractivity contribution in [2.24, 2.45) is 0 Å². The van der Waals surface area contributed by atoms with Crippen molar-refractivity contribution in [2.45, 2.75) is 56.5 Å². The fourth-order valence-electron chi connectivity index (χ4n) is 4.49. The van der Waals surface area contributed by atoms with Crippen LogP contribution < -0.4 is 14.2 Å². The highest BCUT2D eigenvalue weighted by molar-refractivity contribution is 5.50. The molecule has 0 spiro atoms. The average Bonchev–Trinajstić information content (AvgIpc) is 3.38. The topological polar surface area (TPSA) is 107 Å². The van der Waals surface area contributed by atoms with Gasteiger partial charge in [-0.3, -0.25) is 0 Å². The Morgan fingerprint density at radius 3 is 2.49 bits per heavy atom. The van der Waals surface area contributed by atoms with E-state index in [2.05, 4.69) is 0 Å². The molecular weight excluding hydrogens is 459 g/mol. The van der Waals surface area contributed by atoms with Gasteiger partial charge in [0.05, 0.1) is 33.5 Å². The van der Waals surface area contributed by atoms with Gasteiger partial charge in [-0.15, -0.1) is 0 Å². The van der Waals surface area contributed by atoms with Crippen LogP contribution in [0.25, 0.3) is 0 Å². The van der Waals surface area contributed by atoms with Gasteiger partial charge in [-0.05, 0) is 36.2 Å². The minimum atomic E-state index is -1.91. The molecule has 0 unspecified atom stereocenters. The molecule has 8 nitrogen and oxygen atoms in total. The molecule has 2 aromatic rings.